The molecule has 0 saturated carbocycles. The predicted molar refractivity (Wildman–Crippen MR) is 89.7 cm³/mol. The van der Waals surface area contributed by atoms with Crippen LogP contribution in [0.5, 0.6) is 0 Å². The maximum Gasteiger partial charge on any atom is 0.321 e. The summed E-state index contributed by atoms with van der Waals surface area (Å²) in [6.07, 6.45) is 1.14. The van der Waals surface area contributed by atoms with Gasteiger partial charge in [-0.15, -0.1) is 0 Å². The standard InChI is InChI=1S/C16H22FN3O3S/c1-2-20-11-12-7-9-19(10-8-15(12)24(20,22)23)16(21)18-14-5-3-13(17)4-6-14/h3-6,12,15H,2,7-11H2,1H3,(H,18,21)/t12-,15-/m0/s1. The highest BCUT2D eigenvalue weighted by Crippen LogP contribution is 2.34. The molecule has 2 aliphatic rings. The van der Waals surface area contributed by atoms with E-state index in [4.69, 9.17) is 0 Å². The molecule has 2 saturated heterocycles. The number of fused-ring (bicyclic) bond motifs is 1. The molecule has 2 atom stereocenters. The molecule has 2 amide bonds. The Kier molecular flexibility index (Phi) is 4.78. The molecule has 24 heavy (non-hydrogen) atoms. The average Bonchev–Trinajstić information content (AvgIpc) is 2.70. The number of urea groups is 1. The van der Waals surface area contributed by atoms with Crippen molar-refractivity contribution in [1.29, 1.82) is 0 Å². The molecule has 132 valence electrons. The third-order valence-corrected chi connectivity index (χ3v) is 7.41. The molecule has 6 nitrogen and oxygen atoms in total. The lowest BCUT2D eigenvalue weighted by molar-refractivity contribution is 0.212. The van der Waals surface area contributed by atoms with E-state index >= 15 is 0 Å². The molecule has 1 aromatic carbocycles. The van der Waals surface area contributed by atoms with Crippen LogP contribution < -0.4 is 5.32 Å². The molecule has 0 aliphatic carbocycles. The molecule has 0 aromatic heterocycles. The number of amides is 2. The highest BCUT2D eigenvalue weighted by atomic mass is 32.2. The van der Waals surface area contributed by atoms with Gasteiger partial charge >= 0.3 is 6.03 Å². The van der Waals surface area contributed by atoms with Crippen LogP contribution in [0.4, 0.5) is 14.9 Å². The molecule has 2 heterocycles. The lowest BCUT2D eigenvalue weighted by atomic mass is 10.0. The molecule has 2 fully saturated rings. The molecular formula is C16H22FN3O3S. The van der Waals surface area contributed by atoms with Gasteiger partial charge in [0.15, 0.2) is 0 Å². The molecule has 0 radical (unpaired) electrons. The fourth-order valence-corrected chi connectivity index (χ4v) is 5.80. The Morgan fingerprint density at radius 2 is 1.92 bits per heavy atom. The van der Waals surface area contributed by atoms with E-state index < -0.39 is 10.0 Å². The van der Waals surface area contributed by atoms with Gasteiger partial charge in [-0.25, -0.2) is 21.9 Å². The minimum absolute atomic E-state index is 0.0820. The van der Waals surface area contributed by atoms with E-state index in [9.17, 15) is 17.6 Å². The summed E-state index contributed by atoms with van der Waals surface area (Å²) in [5, 5.41) is 2.35. The number of hydrogen-bond acceptors (Lipinski definition) is 3. The topological polar surface area (TPSA) is 69.7 Å². The molecule has 2 aliphatic heterocycles. The lowest BCUT2D eigenvalue weighted by Crippen LogP contribution is -2.37. The van der Waals surface area contributed by atoms with Crippen LogP contribution in [-0.2, 0) is 10.0 Å². The zero-order valence-electron chi connectivity index (χ0n) is 13.6. The number of carbonyl (C=O) groups excluding carboxylic acids is 1. The fourth-order valence-electron chi connectivity index (χ4n) is 3.54. The minimum atomic E-state index is -3.24. The number of hydrogen-bond donors (Lipinski definition) is 1. The van der Waals surface area contributed by atoms with Gasteiger partial charge in [0.1, 0.15) is 5.82 Å². The Balaban J connectivity index is 1.64. The second-order valence-electron chi connectivity index (χ2n) is 6.30. The number of carbonyl (C=O) groups is 1. The first-order valence-corrected chi connectivity index (χ1v) is 9.72. The number of likely N-dealkylation sites (tertiary alicyclic amines) is 1. The van der Waals surface area contributed by atoms with Crippen molar-refractivity contribution in [3.63, 3.8) is 0 Å². The van der Waals surface area contributed by atoms with Crippen molar-refractivity contribution >= 4 is 21.7 Å². The largest absolute Gasteiger partial charge is 0.324 e. The maximum atomic E-state index is 12.9. The van der Waals surface area contributed by atoms with Gasteiger partial charge in [0, 0.05) is 31.9 Å². The summed E-state index contributed by atoms with van der Waals surface area (Å²) in [6.45, 7) is 3.85. The summed E-state index contributed by atoms with van der Waals surface area (Å²) in [5.41, 5.74) is 0.524. The summed E-state index contributed by atoms with van der Waals surface area (Å²) in [7, 11) is -3.24. The van der Waals surface area contributed by atoms with Gasteiger partial charge < -0.3 is 10.2 Å². The monoisotopic (exact) mass is 355 g/mol. The molecule has 0 bridgehead atoms. The van der Waals surface area contributed by atoms with Gasteiger partial charge in [0.05, 0.1) is 5.25 Å². The average molecular weight is 355 g/mol. The van der Waals surface area contributed by atoms with E-state index in [-0.39, 0.29) is 23.0 Å². The number of rotatable bonds is 2. The highest BCUT2D eigenvalue weighted by Gasteiger charge is 2.46. The maximum absolute atomic E-state index is 12.9. The van der Waals surface area contributed by atoms with Crippen molar-refractivity contribution in [2.24, 2.45) is 5.92 Å². The first kappa shape index (κ1) is 17.2. The van der Waals surface area contributed by atoms with E-state index in [2.05, 4.69) is 5.32 Å². The second kappa shape index (κ2) is 6.68. The Bertz CT molecular complexity index is 708. The summed E-state index contributed by atoms with van der Waals surface area (Å²) >= 11 is 0. The number of benzene rings is 1. The molecule has 3 rings (SSSR count). The van der Waals surface area contributed by atoms with Crippen molar-refractivity contribution in [2.75, 3.05) is 31.5 Å². The smallest absolute Gasteiger partial charge is 0.321 e. The zero-order valence-corrected chi connectivity index (χ0v) is 14.4. The van der Waals surface area contributed by atoms with Gasteiger partial charge in [0.25, 0.3) is 0 Å². The van der Waals surface area contributed by atoms with E-state index in [1.807, 2.05) is 6.92 Å². The third kappa shape index (κ3) is 3.25. The number of nitrogens with one attached hydrogen (secondary N) is 1. The molecule has 1 aromatic rings. The van der Waals surface area contributed by atoms with Crippen LogP contribution >= 0.6 is 0 Å². The normalized spacial score (nSPS) is 26.7. The van der Waals surface area contributed by atoms with Crippen molar-refractivity contribution < 1.29 is 17.6 Å². The number of halogens is 1. The van der Waals surface area contributed by atoms with Gasteiger partial charge in [-0.1, -0.05) is 6.92 Å². The fraction of sp³-hybridized carbons (Fsp3) is 0.562. The van der Waals surface area contributed by atoms with Crippen molar-refractivity contribution in [1.82, 2.24) is 9.21 Å². The molecule has 0 unspecified atom stereocenters. The van der Waals surface area contributed by atoms with Crippen LogP contribution in [0.15, 0.2) is 24.3 Å². The van der Waals surface area contributed by atoms with E-state index in [1.54, 1.807) is 9.21 Å². The van der Waals surface area contributed by atoms with Gasteiger partial charge in [-0.3, -0.25) is 0 Å². The Labute approximate surface area is 141 Å². The summed E-state index contributed by atoms with van der Waals surface area (Å²) in [5.74, 6) is -0.278. The van der Waals surface area contributed by atoms with E-state index in [1.165, 1.54) is 24.3 Å². The van der Waals surface area contributed by atoms with E-state index in [0.29, 0.717) is 44.7 Å². The Morgan fingerprint density at radius 3 is 2.58 bits per heavy atom. The zero-order chi connectivity index (χ0) is 17.3. The lowest BCUT2D eigenvalue weighted by Gasteiger charge is -2.22. The minimum Gasteiger partial charge on any atom is -0.324 e. The van der Waals surface area contributed by atoms with Crippen molar-refractivity contribution in [3.05, 3.63) is 30.1 Å². The SMILES string of the molecule is CCN1C[C@@H]2CCN(C(=O)Nc3ccc(F)cc3)CC[C@@H]2S1(=O)=O. The summed E-state index contributed by atoms with van der Waals surface area (Å²) in [4.78, 5) is 14.0. The van der Waals surface area contributed by atoms with Gasteiger partial charge in [-0.2, -0.15) is 0 Å². The molecule has 8 heteroatoms. The van der Waals surface area contributed by atoms with Crippen molar-refractivity contribution in [2.45, 2.75) is 25.0 Å². The Hall–Kier alpha value is -1.67. The van der Waals surface area contributed by atoms with Crippen molar-refractivity contribution in [3.8, 4) is 0 Å². The molecule has 0 spiro atoms. The van der Waals surface area contributed by atoms with Crippen LogP contribution in [0.3, 0.4) is 0 Å². The third-order valence-electron chi connectivity index (χ3n) is 4.90. The van der Waals surface area contributed by atoms with Crippen LogP contribution in [-0.4, -0.2) is 55.1 Å². The molecule has 1 N–H and O–H groups in total. The quantitative estimate of drug-likeness (QED) is 0.883. The van der Waals surface area contributed by atoms with Crippen LogP contribution in [0.1, 0.15) is 19.8 Å². The summed E-state index contributed by atoms with van der Waals surface area (Å²) in [6, 6.07) is 5.31. The highest BCUT2D eigenvalue weighted by molar-refractivity contribution is 7.90. The summed E-state index contributed by atoms with van der Waals surface area (Å²) < 4.78 is 39.4. The van der Waals surface area contributed by atoms with Crippen LogP contribution in [0.25, 0.3) is 0 Å². The van der Waals surface area contributed by atoms with Crippen LogP contribution in [0.2, 0.25) is 0 Å². The Morgan fingerprint density at radius 1 is 1.25 bits per heavy atom. The van der Waals surface area contributed by atoms with Gasteiger partial charge in [-0.05, 0) is 43.0 Å². The first-order chi connectivity index (χ1) is 11.4. The first-order valence-electron chi connectivity index (χ1n) is 8.22. The van der Waals surface area contributed by atoms with E-state index in [0.717, 1.165) is 0 Å². The number of anilines is 1. The van der Waals surface area contributed by atoms with Crippen LogP contribution in [0, 0.1) is 11.7 Å². The number of sulfonamides is 1. The second-order valence-corrected chi connectivity index (χ2v) is 8.45. The van der Waals surface area contributed by atoms with Gasteiger partial charge in [0.2, 0.25) is 10.0 Å². The molecular weight excluding hydrogens is 333 g/mol. The number of nitrogens with zero attached hydrogens (tertiary/aromatic N) is 2. The predicted octanol–water partition coefficient (Wildman–Crippen LogP) is 2.10.